The van der Waals surface area contributed by atoms with Crippen molar-refractivity contribution in [3.8, 4) is 0 Å². The van der Waals surface area contributed by atoms with Gasteiger partial charge in [0.05, 0.1) is 5.69 Å². The van der Waals surface area contributed by atoms with Crippen LogP contribution in [0.25, 0.3) is 0 Å². The van der Waals surface area contributed by atoms with Crippen molar-refractivity contribution in [1.82, 2.24) is 4.90 Å². The number of imide groups is 2. The molecule has 2 aliphatic carbocycles. The number of carbonyl (C=O) groups excluding carboxylic acids is 3. The lowest BCUT2D eigenvalue weighted by molar-refractivity contribution is -0.146. The Hall–Kier alpha value is -2.17. The summed E-state index contributed by atoms with van der Waals surface area (Å²) in [6.07, 6.45) is 10.0. The molecule has 1 aromatic rings. The normalized spacial score (nSPS) is 25.9. The van der Waals surface area contributed by atoms with Crippen molar-refractivity contribution in [2.75, 3.05) is 4.90 Å². The molecule has 3 aliphatic rings. The number of hydrogen-bond donors (Lipinski definition) is 0. The van der Waals surface area contributed by atoms with Crippen LogP contribution >= 0.6 is 0 Å². The minimum absolute atomic E-state index is 0.0594. The Morgan fingerprint density at radius 3 is 1.93 bits per heavy atom. The third-order valence-corrected chi connectivity index (χ3v) is 6.46. The zero-order chi connectivity index (χ0) is 18.8. The summed E-state index contributed by atoms with van der Waals surface area (Å²) in [6.45, 7) is 0. The fourth-order valence-corrected chi connectivity index (χ4v) is 5.05. The van der Waals surface area contributed by atoms with Crippen LogP contribution in [0.2, 0.25) is 0 Å². The molecule has 4 rings (SSSR count). The standard InChI is InChI=1S/C22H28N2O3/c25-20-19(16-10-4-1-5-11-16)21(26)24(18-14-8-3-9-15-18)22(27)23(20)17-12-6-2-7-13-17/h2,6-7,12-13,16,18-19H,1,3-5,8-11,14-15H2. The minimum Gasteiger partial charge on any atom is -0.273 e. The van der Waals surface area contributed by atoms with Crippen LogP contribution in [-0.2, 0) is 9.59 Å². The Morgan fingerprint density at radius 2 is 1.30 bits per heavy atom. The lowest BCUT2D eigenvalue weighted by Crippen LogP contribution is -2.64. The van der Waals surface area contributed by atoms with Gasteiger partial charge in [-0.2, -0.15) is 0 Å². The summed E-state index contributed by atoms with van der Waals surface area (Å²) in [6, 6.07) is 8.56. The van der Waals surface area contributed by atoms with E-state index in [2.05, 4.69) is 0 Å². The second-order valence-electron chi connectivity index (χ2n) is 8.17. The predicted octanol–water partition coefficient (Wildman–Crippen LogP) is 4.51. The number of urea groups is 1. The molecule has 1 unspecified atom stereocenters. The third-order valence-electron chi connectivity index (χ3n) is 6.46. The summed E-state index contributed by atoms with van der Waals surface area (Å²) in [5.74, 6) is -1.21. The molecule has 2 saturated carbocycles. The van der Waals surface area contributed by atoms with Crippen LogP contribution in [0.3, 0.4) is 0 Å². The maximum atomic E-state index is 13.4. The molecule has 27 heavy (non-hydrogen) atoms. The van der Waals surface area contributed by atoms with E-state index in [-0.39, 0.29) is 23.8 Å². The van der Waals surface area contributed by atoms with Crippen molar-refractivity contribution < 1.29 is 14.4 Å². The number of nitrogens with zero attached hydrogens (tertiary/aromatic N) is 2. The highest BCUT2D eigenvalue weighted by atomic mass is 16.2. The summed E-state index contributed by atoms with van der Waals surface area (Å²) in [4.78, 5) is 42.7. The van der Waals surface area contributed by atoms with Gasteiger partial charge in [0.25, 0.3) is 0 Å². The van der Waals surface area contributed by atoms with E-state index < -0.39 is 11.9 Å². The highest BCUT2D eigenvalue weighted by Gasteiger charge is 2.51. The highest BCUT2D eigenvalue weighted by Crippen LogP contribution is 2.38. The Bertz CT molecular complexity index is 666. The van der Waals surface area contributed by atoms with E-state index in [9.17, 15) is 14.4 Å². The molecular weight excluding hydrogens is 340 g/mol. The van der Waals surface area contributed by atoms with Crippen LogP contribution in [0.5, 0.6) is 0 Å². The Labute approximate surface area is 160 Å². The number of hydrogen-bond acceptors (Lipinski definition) is 3. The maximum Gasteiger partial charge on any atom is 0.338 e. The van der Waals surface area contributed by atoms with Crippen molar-refractivity contribution in [3.63, 3.8) is 0 Å². The quantitative estimate of drug-likeness (QED) is 0.738. The first-order valence-electron chi connectivity index (χ1n) is 10.4. The molecule has 4 amide bonds. The van der Waals surface area contributed by atoms with Crippen LogP contribution in [0, 0.1) is 11.8 Å². The van der Waals surface area contributed by atoms with Gasteiger partial charge in [-0.05, 0) is 43.7 Å². The molecule has 1 saturated heterocycles. The number of anilines is 1. The van der Waals surface area contributed by atoms with Crippen LogP contribution in [0.4, 0.5) is 10.5 Å². The van der Waals surface area contributed by atoms with Gasteiger partial charge in [-0.3, -0.25) is 14.5 Å². The molecule has 0 aromatic heterocycles. The minimum atomic E-state index is -0.704. The predicted molar refractivity (Wildman–Crippen MR) is 103 cm³/mol. The van der Waals surface area contributed by atoms with E-state index in [0.717, 1.165) is 57.8 Å². The number of carbonyl (C=O) groups is 3. The van der Waals surface area contributed by atoms with E-state index >= 15 is 0 Å². The Morgan fingerprint density at radius 1 is 0.704 bits per heavy atom. The zero-order valence-electron chi connectivity index (χ0n) is 15.8. The monoisotopic (exact) mass is 368 g/mol. The average Bonchev–Trinajstić information content (AvgIpc) is 2.70. The van der Waals surface area contributed by atoms with E-state index in [1.54, 1.807) is 12.1 Å². The topological polar surface area (TPSA) is 57.7 Å². The van der Waals surface area contributed by atoms with E-state index in [1.807, 2.05) is 18.2 Å². The van der Waals surface area contributed by atoms with Crippen LogP contribution in [0.15, 0.2) is 30.3 Å². The van der Waals surface area contributed by atoms with Crippen LogP contribution in [0.1, 0.15) is 64.2 Å². The fourth-order valence-electron chi connectivity index (χ4n) is 5.05. The summed E-state index contributed by atoms with van der Waals surface area (Å²) in [5, 5.41) is 0. The van der Waals surface area contributed by atoms with Crippen molar-refractivity contribution in [1.29, 1.82) is 0 Å². The molecule has 5 nitrogen and oxygen atoms in total. The molecular formula is C22H28N2O3. The van der Waals surface area contributed by atoms with Crippen LogP contribution < -0.4 is 4.90 Å². The first-order valence-corrected chi connectivity index (χ1v) is 10.4. The molecule has 1 atom stereocenters. The third kappa shape index (κ3) is 3.40. The van der Waals surface area contributed by atoms with Crippen molar-refractivity contribution in [2.45, 2.75) is 70.3 Å². The lowest BCUT2D eigenvalue weighted by Gasteiger charge is -2.44. The van der Waals surface area contributed by atoms with Gasteiger partial charge in [0, 0.05) is 6.04 Å². The van der Waals surface area contributed by atoms with Crippen molar-refractivity contribution in [2.24, 2.45) is 11.8 Å². The second kappa shape index (κ2) is 7.83. The average molecular weight is 368 g/mol. The van der Waals surface area contributed by atoms with Gasteiger partial charge < -0.3 is 0 Å². The highest BCUT2D eigenvalue weighted by molar-refractivity contribution is 6.27. The Kier molecular flexibility index (Phi) is 5.28. The summed E-state index contributed by atoms with van der Waals surface area (Å²) in [7, 11) is 0. The molecule has 5 heteroatoms. The molecule has 3 fully saturated rings. The summed E-state index contributed by atoms with van der Waals surface area (Å²) >= 11 is 0. The van der Waals surface area contributed by atoms with Gasteiger partial charge in [-0.25, -0.2) is 9.69 Å². The van der Waals surface area contributed by atoms with Gasteiger partial charge in [-0.15, -0.1) is 0 Å². The molecule has 0 radical (unpaired) electrons. The van der Waals surface area contributed by atoms with E-state index in [1.165, 1.54) is 16.2 Å². The molecule has 1 aromatic carbocycles. The fraction of sp³-hybridized carbons (Fsp3) is 0.591. The second-order valence-corrected chi connectivity index (χ2v) is 8.17. The molecule has 0 N–H and O–H groups in total. The van der Waals surface area contributed by atoms with E-state index in [0.29, 0.717) is 5.69 Å². The lowest BCUT2D eigenvalue weighted by atomic mass is 9.77. The number of barbiturate groups is 1. The van der Waals surface area contributed by atoms with Gasteiger partial charge in [0.2, 0.25) is 11.8 Å². The van der Waals surface area contributed by atoms with Gasteiger partial charge >= 0.3 is 6.03 Å². The summed E-state index contributed by atoms with van der Waals surface area (Å²) < 4.78 is 0. The number of benzene rings is 1. The number of para-hydroxylation sites is 1. The van der Waals surface area contributed by atoms with Crippen LogP contribution in [-0.4, -0.2) is 28.8 Å². The van der Waals surface area contributed by atoms with Crippen molar-refractivity contribution >= 4 is 23.5 Å². The number of rotatable bonds is 3. The smallest absolute Gasteiger partial charge is 0.273 e. The molecule has 0 bridgehead atoms. The zero-order valence-corrected chi connectivity index (χ0v) is 15.8. The van der Waals surface area contributed by atoms with Gasteiger partial charge in [-0.1, -0.05) is 56.7 Å². The largest absolute Gasteiger partial charge is 0.338 e. The first kappa shape index (κ1) is 18.2. The number of amides is 4. The van der Waals surface area contributed by atoms with Crippen molar-refractivity contribution in [3.05, 3.63) is 30.3 Å². The Balaban J connectivity index is 1.71. The molecule has 0 spiro atoms. The van der Waals surface area contributed by atoms with Gasteiger partial charge in [0.1, 0.15) is 5.92 Å². The van der Waals surface area contributed by atoms with E-state index in [4.69, 9.17) is 0 Å². The maximum absolute atomic E-state index is 13.4. The molecule has 1 heterocycles. The molecule has 1 aliphatic heterocycles. The SMILES string of the molecule is O=C1C(C2CCCCC2)C(=O)N(C2CCCCC2)C(=O)N1c1ccccc1. The van der Waals surface area contributed by atoms with Gasteiger partial charge in [0.15, 0.2) is 0 Å². The molecule has 144 valence electrons. The summed E-state index contributed by atoms with van der Waals surface area (Å²) in [5.41, 5.74) is 0.571. The first-order chi connectivity index (χ1) is 13.2.